The summed E-state index contributed by atoms with van der Waals surface area (Å²) in [5, 5.41) is 3.76. The molecule has 2 aromatic heterocycles. The second-order valence-corrected chi connectivity index (χ2v) is 12.7. The Hall–Kier alpha value is -3.56. The van der Waals surface area contributed by atoms with Gasteiger partial charge >= 0.3 is 12.2 Å². The van der Waals surface area contributed by atoms with Gasteiger partial charge in [-0.05, 0) is 44.7 Å². The fourth-order valence-corrected chi connectivity index (χ4v) is 7.92. The monoisotopic (exact) mass is 633 g/mol. The molecule has 8 rings (SSSR count). The van der Waals surface area contributed by atoms with Gasteiger partial charge in [0.1, 0.15) is 40.9 Å². The smallest absolute Gasteiger partial charge is 0.417 e. The van der Waals surface area contributed by atoms with Crippen molar-refractivity contribution in [1.82, 2.24) is 25.2 Å². The third-order valence-corrected chi connectivity index (χ3v) is 9.92. The van der Waals surface area contributed by atoms with Gasteiger partial charge < -0.3 is 30.2 Å². The lowest BCUT2D eigenvalue weighted by Crippen LogP contribution is -2.62. The minimum absolute atomic E-state index is 0.0498. The van der Waals surface area contributed by atoms with Crippen LogP contribution in [0, 0.1) is 18.6 Å². The molecule has 7 atom stereocenters. The van der Waals surface area contributed by atoms with Crippen molar-refractivity contribution in [2.24, 2.45) is 0 Å². The van der Waals surface area contributed by atoms with Gasteiger partial charge in [-0.25, -0.2) is 13.8 Å². The van der Waals surface area contributed by atoms with Gasteiger partial charge in [0.2, 0.25) is 5.88 Å². The molecule has 1 unspecified atom stereocenters. The highest BCUT2D eigenvalue weighted by Crippen LogP contribution is 2.47. The number of nitrogens with one attached hydrogen (secondary N) is 1. The molecule has 0 spiro atoms. The molecule has 240 valence electrons. The van der Waals surface area contributed by atoms with E-state index in [2.05, 4.69) is 25.1 Å². The zero-order chi connectivity index (χ0) is 31.4. The number of halogens is 5. The number of pyridine rings is 1. The van der Waals surface area contributed by atoms with Crippen molar-refractivity contribution in [3.05, 3.63) is 28.8 Å². The molecule has 45 heavy (non-hydrogen) atoms. The van der Waals surface area contributed by atoms with Crippen LogP contribution in [0.3, 0.4) is 0 Å². The van der Waals surface area contributed by atoms with E-state index in [1.807, 2.05) is 6.92 Å². The normalized spacial score (nSPS) is 30.3. The molecule has 3 N–H and O–H groups in total. The number of benzene rings is 1. The number of nitrogen functional groups attached to an aromatic ring is 1. The van der Waals surface area contributed by atoms with Crippen molar-refractivity contribution in [1.29, 1.82) is 0 Å². The van der Waals surface area contributed by atoms with E-state index in [0.717, 1.165) is 45.3 Å². The molecule has 7 heterocycles. The minimum Gasteiger partial charge on any atom is -0.472 e. The van der Waals surface area contributed by atoms with Crippen molar-refractivity contribution in [3.8, 4) is 23.1 Å². The van der Waals surface area contributed by atoms with Gasteiger partial charge in [-0.1, -0.05) is 0 Å². The first-order chi connectivity index (χ1) is 21.5. The topological polar surface area (TPSA) is 111 Å². The molecule has 5 aliphatic rings. The number of morpholine rings is 1. The van der Waals surface area contributed by atoms with Crippen molar-refractivity contribution < 1.29 is 36.2 Å². The van der Waals surface area contributed by atoms with E-state index in [-0.39, 0.29) is 59.7 Å². The maximum atomic E-state index is 16.7. The van der Waals surface area contributed by atoms with Gasteiger partial charge in [0.15, 0.2) is 5.82 Å². The first kappa shape index (κ1) is 28.9. The van der Waals surface area contributed by atoms with Crippen LogP contribution < -0.4 is 25.4 Å². The van der Waals surface area contributed by atoms with Crippen LogP contribution in [0.2, 0.25) is 0 Å². The molecule has 4 saturated heterocycles. The first-order valence-corrected chi connectivity index (χ1v) is 15.2. The molecule has 0 aliphatic carbocycles. The molecule has 5 aliphatic heterocycles. The number of nitrogens with two attached hydrogens (primary N) is 1. The van der Waals surface area contributed by atoms with E-state index >= 15 is 4.39 Å². The van der Waals surface area contributed by atoms with Crippen LogP contribution in [0.25, 0.3) is 22.2 Å². The third kappa shape index (κ3) is 4.56. The van der Waals surface area contributed by atoms with Crippen LogP contribution in [-0.4, -0.2) is 89.1 Å². The summed E-state index contributed by atoms with van der Waals surface area (Å²) in [6.07, 6.45) is -2.80. The van der Waals surface area contributed by atoms with Crippen LogP contribution in [0.1, 0.15) is 37.3 Å². The number of hydrogen-bond donors (Lipinski definition) is 2. The van der Waals surface area contributed by atoms with Gasteiger partial charge in [-0.3, -0.25) is 4.90 Å². The Labute approximate surface area is 255 Å². The van der Waals surface area contributed by atoms with Gasteiger partial charge in [0.05, 0.1) is 30.0 Å². The largest absolute Gasteiger partial charge is 0.472 e. The number of nitrogens with zero attached hydrogens (tertiary/aromatic N) is 5. The third-order valence-electron chi connectivity index (χ3n) is 9.92. The Morgan fingerprint density at radius 3 is 2.73 bits per heavy atom. The Morgan fingerprint density at radius 1 is 1.13 bits per heavy atom. The Morgan fingerprint density at radius 2 is 1.96 bits per heavy atom. The molecular formula is C30H32F5N7O3. The fourth-order valence-electron chi connectivity index (χ4n) is 7.92. The number of anilines is 2. The number of ether oxygens (including phenoxy) is 3. The first-order valence-electron chi connectivity index (χ1n) is 15.2. The predicted molar refractivity (Wildman–Crippen MR) is 153 cm³/mol. The van der Waals surface area contributed by atoms with Crippen molar-refractivity contribution in [2.75, 3.05) is 43.5 Å². The van der Waals surface area contributed by atoms with Crippen molar-refractivity contribution in [2.45, 2.75) is 75.7 Å². The molecule has 0 radical (unpaired) electrons. The van der Waals surface area contributed by atoms with E-state index in [4.69, 9.17) is 24.9 Å². The fraction of sp³-hybridized carbons (Fsp3) is 0.567. The maximum Gasteiger partial charge on any atom is 0.417 e. The molecule has 1 aromatic carbocycles. The van der Waals surface area contributed by atoms with Crippen molar-refractivity contribution >= 4 is 22.4 Å². The number of hydrogen-bond acceptors (Lipinski definition) is 10. The van der Waals surface area contributed by atoms with Gasteiger partial charge in [0, 0.05) is 43.3 Å². The summed E-state index contributed by atoms with van der Waals surface area (Å²) in [5.74, 6) is -2.12. The highest BCUT2D eigenvalue weighted by Gasteiger charge is 2.48. The zero-order valence-corrected chi connectivity index (χ0v) is 24.6. The average molecular weight is 634 g/mol. The average Bonchev–Trinajstić information content (AvgIpc) is 3.47. The molecule has 4 bridgehead atoms. The number of rotatable bonds is 4. The second kappa shape index (κ2) is 10.2. The number of aromatic nitrogens is 3. The van der Waals surface area contributed by atoms with E-state index in [1.165, 1.54) is 0 Å². The Balaban J connectivity index is 1.32. The molecule has 0 saturated carbocycles. The zero-order valence-electron chi connectivity index (χ0n) is 24.6. The molecule has 10 nitrogen and oxygen atoms in total. The lowest BCUT2D eigenvalue weighted by molar-refractivity contribution is -0.137. The molecule has 15 heteroatoms. The van der Waals surface area contributed by atoms with E-state index in [9.17, 15) is 17.6 Å². The summed E-state index contributed by atoms with van der Waals surface area (Å²) in [6, 6.07) is 0.714. The summed E-state index contributed by atoms with van der Waals surface area (Å²) in [6.45, 7) is 5.80. The van der Waals surface area contributed by atoms with Crippen LogP contribution in [0.4, 0.5) is 33.5 Å². The molecular weight excluding hydrogens is 601 g/mol. The number of piperazine rings is 1. The van der Waals surface area contributed by atoms with E-state index in [0.29, 0.717) is 19.0 Å². The highest BCUT2D eigenvalue weighted by atomic mass is 19.4. The van der Waals surface area contributed by atoms with Gasteiger partial charge in [0.25, 0.3) is 0 Å². The summed E-state index contributed by atoms with van der Waals surface area (Å²) >= 11 is 0. The summed E-state index contributed by atoms with van der Waals surface area (Å²) in [5.41, 5.74) is 1.37. The maximum absolute atomic E-state index is 16.7. The van der Waals surface area contributed by atoms with Crippen LogP contribution in [0.15, 0.2) is 6.07 Å². The summed E-state index contributed by atoms with van der Waals surface area (Å²) in [7, 11) is 0. The van der Waals surface area contributed by atoms with E-state index in [1.54, 1.807) is 0 Å². The SMILES string of the molecule is Cc1c(F)c(N)cc(-c2nc3c4c(nc(OC[C@H]5C[C@@H]6CN5CCO6)nc4c2F)N2C[C@H]4CC[C@H](N4)[C@H]2[C@H](C)O3)c1C(F)(F)F. The summed E-state index contributed by atoms with van der Waals surface area (Å²) in [4.78, 5) is 17.9. The Bertz CT molecular complexity index is 1710. The Kier molecular flexibility index (Phi) is 6.56. The molecule has 3 aromatic rings. The lowest BCUT2D eigenvalue weighted by Gasteiger charge is -2.42. The number of alkyl halides is 3. The van der Waals surface area contributed by atoms with Gasteiger partial charge in [-0.2, -0.15) is 23.1 Å². The highest BCUT2D eigenvalue weighted by molar-refractivity contribution is 5.97. The quantitative estimate of drug-likeness (QED) is 0.325. The van der Waals surface area contributed by atoms with E-state index < -0.39 is 52.0 Å². The van der Waals surface area contributed by atoms with Crippen LogP contribution in [0.5, 0.6) is 11.9 Å². The van der Waals surface area contributed by atoms with Crippen LogP contribution >= 0.6 is 0 Å². The minimum atomic E-state index is -5.03. The second-order valence-electron chi connectivity index (χ2n) is 12.7. The van der Waals surface area contributed by atoms with Gasteiger partial charge in [-0.15, -0.1) is 0 Å². The number of fused-ring (bicyclic) bond motifs is 7. The predicted octanol–water partition coefficient (Wildman–Crippen LogP) is 3.82. The summed E-state index contributed by atoms with van der Waals surface area (Å²) < 4.78 is 92.7. The molecule has 0 amide bonds. The van der Waals surface area contributed by atoms with Crippen molar-refractivity contribution in [3.63, 3.8) is 0 Å². The van der Waals surface area contributed by atoms with Crippen LogP contribution in [-0.2, 0) is 10.9 Å². The molecule has 4 fully saturated rings. The lowest BCUT2D eigenvalue weighted by atomic mass is 9.96. The standard InChI is InChI=1S/C30H32F5N7O3/c1-12-21(30(33,34)35)17(8-18(36)22(12)31)24-23(32)25-20-27(40-29(39-25)44-11-15-7-16-10-41(15)5-6-43-16)42-9-14-3-4-19(37-14)26(42)13(2)45-28(20)38-24/h8,13-16,19,26,37H,3-7,9-11,36H2,1-2H3/t13-,14+,15+,16+,19-,26+/m0/s1.